The number of halogens is 1. The molecule has 1 atom stereocenters. The lowest BCUT2D eigenvalue weighted by Crippen LogP contribution is -2.35. The first-order chi connectivity index (χ1) is 16.2. The molecule has 0 saturated carbocycles. The van der Waals surface area contributed by atoms with Gasteiger partial charge in [0.05, 0.1) is 22.8 Å². The number of esters is 1. The van der Waals surface area contributed by atoms with Crippen LogP contribution in [-0.2, 0) is 21.2 Å². The Hall–Kier alpha value is -3.36. The van der Waals surface area contributed by atoms with E-state index in [1.54, 1.807) is 61.5 Å². The SMILES string of the molecule is CCOC(=O)c1ccc(NC(=O)c2ccc3c(c2)C[C@@H](C)N3S(=O)(=O)c2ccc(Cl)cc2)cc1. The third-order valence-corrected chi connectivity index (χ3v) is 7.71. The van der Waals surface area contributed by atoms with Crippen LogP contribution in [-0.4, -0.2) is 32.9 Å². The molecule has 0 bridgehead atoms. The second-order valence-corrected chi connectivity index (χ2v) is 10.2. The van der Waals surface area contributed by atoms with E-state index in [1.165, 1.54) is 16.4 Å². The molecule has 0 fully saturated rings. The fourth-order valence-corrected chi connectivity index (χ4v) is 5.76. The molecule has 0 radical (unpaired) electrons. The summed E-state index contributed by atoms with van der Waals surface area (Å²) in [6, 6.07) is 17.1. The molecular weight excluding hydrogens is 476 g/mol. The number of sulfonamides is 1. The molecule has 0 unspecified atom stereocenters. The van der Waals surface area contributed by atoms with Crippen LogP contribution in [0.4, 0.5) is 11.4 Å². The molecular formula is C25H23ClN2O5S. The predicted octanol–water partition coefficient (Wildman–Crippen LogP) is 4.91. The average Bonchev–Trinajstić information content (AvgIpc) is 3.15. The van der Waals surface area contributed by atoms with Gasteiger partial charge in [-0.3, -0.25) is 9.10 Å². The lowest BCUT2D eigenvalue weighted by Gasteiger charge is -2.24. The number of carbonyl (C=O) groups is 2. The molecule has 1 amide bonds. The third-order valence-electron chi connectivity index (χ3n) is 5.52. The Morgan fingerprint density at radius 3 is 2.32 bits per heavy atom. The van der Waals surface area contributed by atoms with E-state index >= 15 is 0 Å². The molecule has 1 aliphatic rings. The van der Waals surface area contributed by atoms with E-state index in [9.17, 15) is 18.0 Å². The summed E-state index contributed by atoms with van der Waals surface area (Å²) in [5.74, 6) is -0.760. The van der Waals surface area contributed by atoms with Gasteiger partial charge in [0.25, 0.3) is 15.9 Å². The summed E-state index contributed by atoms with van der Waals surface area (Å²) in [6.45, 7) is 3.85. The number of hydrogen-bond acceptors (Lipinski definition) is 5. The molecule has 0 saturated heterocycles. The standard InChI is InChI=1S/C25H23ClN2O5S/c1-3-33-25(30)17-4-9-21(10-5-17)27-24(29)18-6-13-23-19(15-18)14-16(2)28(23)34(31,32)22-11-7-20(26)8-12-22/h4-13,15-16H,3,14H2,1-2H3,(H,27,29)/t16-/m1/s1. The van der Waals surface area contributed by atoms with Gasteiger partial charge in [-0.15, -0.1) is 0 Å². The number of ether oxygens (including phenoxy) is 1. The van der Waals surface area contributed by atoms with Gasteiger partial charge >= 0.3 is 5.97 Å². The van der Waals surface area contributed by atoms with Crippen molar-refractivity contribution in [3.05, 3.63) is 88.4 Å². The van der Waals surface area contributed by atoms with Crippen molar-refractivity contribution in [2.75, 3.05) is 16.2 Å². The summed E-state index contributed by atoms with van der Waals surface area (Å²) < 4.78 is 32.9. The summed E-state index contributed by atoms with van der Waals surface area (Å²) in [5, 5.41) is 3.25. The van der Waals surface area contributed by atoms with Crippen LogP contribution in [0.2, 0.25) is 5.02 Å². The van der Waals surface area contributed by atoms with Crippen molar-refractivity contribution in [2.45, 2.75) is 31.2 Å². The third kappa shape index (κ3) is 4.64. The Kier molecular flexibility index (Phi) is 6.63. The van der Waals surface area contributed by atoms with E-state index in [2.05, 4.69) is 5.32 Å². The fourth-order valence-electron chi connectivity index (χ4n) is 3.94. The van der Waals surface area contributed by atoms with Crippen molar-refractivity contribution in [1.29, 1.82) is 0 Å². The highest BCUT2D eigenvalue weighted by molar-refractivity contribution is 7.92. The Morgan fingerprint density at radius 2 is 1.68 bits per heavy atom. The maximum Gasteiger partial charge on any atom is 0.338 e. The Morgan fingerprint density at radius 1 is 1.03 bits per heavy atom. The van der Waals surface area contributed by atoms with E-state index in [4.69, 9.17) is 16.3 Å². The van der Waals surface area contributed by atoms with E-state index in [-0.39, 0.29) is 23.5 Å². The van der Waals surface area contributed by atoms with Crippen LogP contribution in [0, 0.1) is 0 Å². The monoisotopic (exact) mass is 498 g/mol. The molecule has 7 nitrogen and oxygen atoms in total. The zero-order valence-corrected chi connectivity index (χ0v) is 20.2. The topological polar surface area (TPSA) is 92.8 Å². The van der Waals surface area contributed by atoms with Gasteiger partial charge < -0.3 is 10.1 Å². The Labute approximate surface area is 203 Å². The van der Waals surface area contributed by atoms with Gasteiger partial charge in [-0.1, -0.05) is 11.6 Å². The Bertz CT molecular complexity index is 1340. The van der Waals surface area contributed by atoms with Gasteiger partial charge in [-0.05, 0) is 92.6 Å². The number of fused-ring (bicyclic) bond motifs is 1. The van der Waals surface area contributed by atoms with Gasteiger partial charge in [0.2, 0.25) is 0 Å². The molecule has 34 heavy (non-hydrogen) atoms. The van der Waals surface area contributed by atoms with Crippen LogP contribution in [0.5, 0.6) is 0 Å². The number of amides is 1. The van der Waals surface area contributed by atoms with Gasteiger partial charge in [0.1, 0.15) is 0 Å². The van der Waals surface area contributed by atoms with Crippen LogP contribution in [0.1, 0.15) is 40.1 Å². The summed E-state index contributed by atoms with van der Waals surface area (Å²) in [7, 11) is -3.78. The predicted molar refractivity (Wildman–Crippen MR) is 131 cm³/mol. The molecule has 4 rings (SSSR count). The van der Waals surface area contributed by atoms with E-state index in [0.29, 0.717) is 33.9 Å². The molecule has 3 aromatic carbocycles. The minimum absolute atomic E-state index is 0.157. The first-order valence-electron chi connectivity index (χ1n) is 10.7. The lowest BCUT2D eigenvalue weighted by atomic mass is 10.1. The largest absolute Gasteiger partial charge is 0.462 e. The Balaban J connectivity index is 1.54. The molecule has 1 heterocycles. The smallest absolute Gasteiger partial charge is 0.338 e. The number of nitrogens with zero attached hydrogens (tertiary/aromatic N) is 1. The molecule has 1 N–H and O–H groups in total. The van der Waals surface area contributed by atoms with Crippen molar-refractivity contribution in [3.63, 3.8) is 0 Å². The highest BCUT2D eigenvalue weighted by atomic mass is 35.5. The van der Waals surface area contributed by atoms with Gasteiger partial charge in [0, 0.05) is 22.3 Å². The fraction of sp³-hybridized carbons (Fsp3) is 0.200. The number of nitrogens with one attached hydrogen (secondary N) is 1. The summed E-state index contributed by atoms with van der Waals surface area (Å²) >= 11 is 5.90. The quantitative estimate of drug-likeness (QED) is 0.487. The number of benzene rings is 3. The van der Waals surface area contributed by atoms with Crippen LogP contribution in [0.15, 0.2) is 71.6 Å². The van der Waals surface area contributed by atoms with Crippen LogP contribution in [0.3, 0.4) is 0 Å². The van der Waals surface area contributed by atoms with Gasteiger partial charge in [-0.2, -0.15) is 0 Å². The van der Waals surface area contributed by atoms with Crippen molar-refractivity contribution in [1.82, 2.24) is 0 Å². The number of rotatable bonds is 6. The molecule has 176 valence electrons. The second kappa shape index (κ2) is 9.48. The van der Waals surface area contributed by atoms with Crippen molar-refractivity contribution in [3.8, 4) is 0 Å². The second-order valence-electron chi connectivity index (χ2n) is 7.90. The van der Waals surface area contributed by atoms with Gasteiger partial charge in [-0.25, -0.2) is 13.2 Å². The molecule has 3 aromatic rings. The van der Waals surface area contributed by atoms with Crippen LogP contribution < -0.4 is 9.62 Å². The zero-order chi connectivity index (χ0) is 24.5. The molecule has 0 aromatic heterocycles. The first-order valence-corrected chi connectivity index (χ1v) is 12.5. The van der Waals surface area contributed by atoms with E-state index in [0.717, 1.165) is 5.56 Å². The summed E-state index contributed by atoms with van der Waals surface area (Å²) in [4.78, 5) is 24.7. The molecule has 1 aliphatic heterocycles. The van der Waals surface area contributed by atoms with E-state index in [1.807, 2.05) is 6.92 Å². The molecule has 0 spiro atoms. The van der Waals surface area contributed by atoms with Crippen LogP contribution in [0.25, 0.3) is 0 Å². The minimum Gasteiger partial charge on any atom is -0.462 e. The minimum atomic E-state index is -3.78. The highest BCUT2D eigenvalue weighted by Gasteiger charge is 2.36. The summed E-state index contributed by atoms with van der Waals surface area (Å²) in [5.41, 5.74) is 2.66. The summed E-state index contributed by atoms with van der Waals surface area (Å²) in [6.07, 6.45) is 0.484. The first kappa shape index (κ1) is 23.8. The van der Waals surface area contributed by atoms with Crippen molar-refractivity contribution in [2.24, 2.45) is 0 Å². The lowest BCUT2D eigenvalue weighted by molar-refractivity contribution is 0.0526. The average molecular weight is 499 g/mol. The van der Waals surface area contributed by atoms with Gasteiger partial charge in [0.15, 0.2) is 0 Å². The van der Waals surface area contributed by atoms with Crippen molar-refractivity contribution >= 4 is 44.9 Å². The van der Waals surface area contributed by atoms with Crippen molar-refractivity contribution < 1.29 is 22.7 Å². The van der Waals surface area contributed by atoms with E-state index < -0.39 is 16.0 Å². The number of carbonyl (C=O) groups excluding carboxylic acids is 2. The number of hydrogen-bond donors (Lipinski definition) is 1. The maximum atomic E-state index is 13.3. The normalized spacial score (nSPS) is 15.0. The number of anilines is 2. The highest BCUT2D eigenvalue weighted by Crippen LogP contribution is 2.37. The van der Waals surface area contributed by atoms with Crippen LogP contribution >= 0.6 is 11.6 Å². The maximum absolute atomic E-state index is 13.3. The molecule has 0 aliphatic carbocycles. The molecule has 9 heteroatoms. The zero-order valence-electron chi connectivity index (χ0n) is 18.6.